The SMILES string of the molecule is CCCc1nc(C(=O)NCCCCCCC(C)C)n[nH]1. The molecule has 0 saturated heterocycles. The van der Waals surface area contributed by atoms with E-state index in [2.05, 4.69) is 41.3 Å². The van der Waals surface area contributed by atoms with Crippen molar-refractivity contribution in [1.29, 1.82) is 0 Å². The largest absolute Gasteiger partial charge is 0.349 e. The summed E-state index contributed by atoms with van der Waals surface area (Å²) in [5.74, 6) is 1.66. The Bertz CT molecular complexity index is 387. The number of carbonyl (C=O) groups excluding carboxylic acids is 1. The first-order valence-electron chi connectivity index (χ1n) is 7.83. The second kappa shape index (κ2) is 9.50. The van der Waals surface area contributed by atoms with Gasteiger partial charge in [-0.05, 0) is 18.8 Å². The van der Waals surface area contributed by atoms with Crippen LogP contribution in [0.25, 0.3) is 0 Å². The topological polar surface area (TPSA) is 70.7 Å². The molecule has 0 aromatic carbocycles. The molecule has 0 aliphatic heterocycles. The maximum absolute atomic E-state index is 11.8. The highest BCUT2D eigenvalue weighted by Crippen LogP contribution is 2.09. The molecule has 5 nitrogen and oxygen atoms in total. The standard InChI is InChI=1S/C15H28N4O/c1-4-9-13-17-14(19-18-13)15(20)16-11-8-6-5-7-10-12(2)3/h12H,4-11H2,1-3H3,(H,16,20)(H,17,18,19). The number of aryl methyl sites for hydroxylation is 1. The summed E-state index contributed by atoms with van der Waals surface area (Å²) in [4.78, 5) is 16.0. The van der Waals surface area contributed by atoms with Gasteiger partial charge in [0.2, 0.25) is 5.82 Å². The van der Waals surface area contributed by atoms with Gasteiger partial charge < -0.3 is 5.32 Å². The Balaban J connectivity index is 2.10. The number of hydrogen-bond acceptors (Lipinski definition) is 3. The van der Waals surface area contributed by atoms with E-state index in [0.29, 0.717) is 6.54 Å². The molecule has 0 atom stereocenters. The lowest BCUT2D eigenvalue weighted by molar-refractivity contribution is 0.0943. The van der Waals surface area contributed by atoms with Crippen LogP contribution in [0.5, 0.6) is 0 Å². The van der Waals surface area contributed by atoms with Crippen LogP contribution in [0.1, 0.15) is 75.7 Å². The summed E-state index contributed by atoms with van der Waals surface area (Å²) in [6.07, 6.45) is 7.84. The van der Waals surface area contributed by atoms with Crippen LogP contribution in [0.3, 0.4) is 0 Å². The molecule has 0 aliphatic carbocycles. The highest BCUT2D eigenvalue weighted by molar-refractivity contribution is 5.90. The number of aromatic nitrogens is 3. The van der Waals surface area contributed by atoms with Crippen LogP contribution in [0.2, 0.25) is 0 Å². The zero-order chi connectivity index (χ0) is 14.8. The lowest BCUT2D eigenvalue weighted by Gasteiger charge is -2.05. The Morgan fingerprint density at radius 2 is 2.00 bits per heavy atom. The van der Waals surface area contributed by atoms with Crippen molar-refractivity contribution in [3.05, 3.63) is 11.6 Å². The molecule has 0 aliphatic rings. The average molecular weight is 280 g/mol. The molecule has 1 aromatic rings. The maximum atomic E-state index is 11.8. The molecular weight excluding hydrogens is 252 g/mol. The summed E-state index contributed by atoms with van der Waals surface area (Å²) >= 11 is 0. The van der Waals surface area contributed by atoms with Crippen molar-refractivity contribution >= 4 is 5.91 Å². The van der Waals surface area contributed by atoms with E-state index in [-0.39, 0.29) is 11.7 Å². The molecule has 1 rings (SSSR count). The zero-order valence-electron chi connectivity index (χ0n) is 13.0. The second-order valence-electron chi connectivity index (χ2n) is 5.71. The molecule has 2 N–H and O–H groups in total. The van der Waals surface area contributed by atoms with Gasteiger partial charge in [0, 0.05) is 13.0 Å². The second-order valence-corrected chi connectivity index (χ2v) is 5.71. The Kier molecular flexibility index (Phi) is 7.92. The van der Waals surface area contributed by atoms with Gasteiger partial charge in [-0.3, -0.25) is 9.89 Å². The van der Waals surface area contributed by atoms with Crippen molar-refractivity contribution in [3.8, 4) is 0 Å². The summed E-state index contributed by atoms with van der Waals surface area (Å²) in [5.41, 5.74) is 0. The third kappa shape index (κ3) is 6.68. The first-order chi connectivity index (χ1) is 9.63. The minimum Gasteiger partial charge on any atom is -0.349 e. The van der Waals surface area contributed by atoms with Crippen molar-refractivity contribution in [2.45, 2.75) is 65.7 Å². The Morgan fingerprint density at radius 1 is 1.25 bits per heavy atom. The number of nitrogens with one attached hydrogen (secondary N) is 2. The van der Waals surface area contributed by atoms with Gasteiger partial charge in [0.25, 0.3) is 5.91 Å². The lowest BCUT2D eigenvalue weighted by Crippen LogP contribution is -2.25. The van der Waals surface area contributed by atoms with E-state index < -0.39 is 0 Å². The van der Waals surface area contributed by atoms with Gasteiger partial charge in [-0.25, -0.2) is 4.98 Å². The number of amides is 1. The number of aromatic amines is 1. The van der Waals surface area contributed by atoms with Crippen LogP contribution in [-0.2, 0) is 6.42 Å². The quantitative estimate of drug-likeness (QED) is 0.647. The highest BCUT2D eigenvalue weighted by atomic mass is 16.2. The summed E-state index contributed by atoms with van der Waals surface area (Å²) < 4.78 is 0. The number of carbonyl (C=O) groups is 1. The molecule has 0 radical (unpaired) electrons. The number of H-pyrrole nitrogens is 1. The smallest absolute Gasteiger partial charge is 0.290 e. The minimum atomic E-state index is -0.175. The fraction of sp³-hybridized carbons (Fsp3) is 0.800. The van der Waals surface area contributed by atoms with Crippen molar-refractivity contribution in [2.24, 2.45) is 5.92 Å². The zero-order valence-corrected chi connectivity index (χ0v) is 13.0. The third-order valence-electron chi connectivity index (χ3n) is 3.22. The predicted molar refractivity (Wildman–Crippen MR) is 80.6 cm³/mol. The summed E-state index contributed by atoms with van der Waals surface area (Å²) in [5, 5.41) is 9.60. The van der Waals surface area contributed by atoms with Crippen molar-refractivity contribution < 1.29 is 4.79 Å². The summed E-state index contributed by atoms with van der Waals surface area (Å²) in [7, 11) is 0. The molecule has 5 heteroatoms. The number of hydrogen-bond donors (Lipinski definition) is 2. The van der Waals surface area contributed by atoms with Crippen LogP contribution in [-0.4, -0.2) is 27.6 Å². The van der Waals surface area contributed by atoms with E-state index in [0.717, 1.165) is 31.0 Å². The monoisotopic (exact) mass is 280 g/mol. The van der Waals surface area contributed by atoms with Crippen LogP contribution in [0, 0.1) is 5.92 Å². The lowest BCUT2D eigenvalue weighted by atomic mass is 10.0. The van der Waals surface area contributed by atoms with Crippen LogP contribution < -0.4 is 5.32 Å². The van der Waals surface area contributed by atoms with Gasteiger partial charge in [-0.15, -0.1) is 5.10 Å². The van der Waals surface area contributed by atoms with E-state index >= 15 is 0 Å². The molecule has 1 heterocycles. The van der Waals surface area contributed by atoms with E-state index in [1.807, 2.05) is 0 Å². The molecule has 0 bridgehead atoms. The van der Waals surface area contributed by atoms with Gasteiger partial charge in [0.05, 0.1) is 0 Å². The Labute approximate surface area is 122 Å². The third-order valence-corrected chi connectivity index (χ3v) is 3.22. The summed E-state index contributed by atoms with van der Waals surface area (Å²) in [6, 6.07) is 0. The van der Waals surface area contributed by atoms with Crippen LogP contribution >= 0.6 is 0 Å². The Morgan fingerprint density at radius 3 is 2.70 bits per heavy atom. The molecule has 0 unspecified atom stereocenters. The molecule has 20 heavy (non-hydrogen) atoms. The fourth-order valence-corrected chi connectivity index (χ4v) is 2.06. The average Bonchev–Trinajstić information content (AvgIpc) is 2.86. The molecular formula is C15H28N4O. The van der Waals surface area contributed by atoms with Crippen molar-refractivity contribution in [1.82, 2.24) is 20.5 Å². The van der Waals surface area contributed by atoms with Gasteiger partial charge >= 0.3 is 0 Å². The molecule has 1 amide bonds. The molecule has 1 aromatic heterocycles. The van der Waals surface area contributed by atoms with E-state index in [4.69, 9.17) is 0 Å². The van der Waals surface area contributed by atoms with E-state index in [1.54, 1.807) is 0 Å². The van der Waals surface area contributed by atoms with Crippen LogP contribution in [0.4, 0.5) is 0 Å². The first-order valence-corrected chi connectivity index (χ1v) is 7.83. The molecule has 114 valence electrons. The minimum absolute atomic E-state index is 0.175. The predicted octanol–water partition coefficient (Wildman–Crippen LogP) is 3.09. The van der Waals surface area contributed by atoms with Gasteiger partial charge in [0.15, 0.2) is 0 Å². The first kappa shape index (κ1) is 16.7. The van der Waals surface area contributed by atoms with Crippen molar-refractivity contribution in [2.75, 3.05) is 6.54 Å². The van der Waals surface area contributed by atoms with Gasteiger partial charge in [-0.1, -0.05) is 46.5 Å². The normalized spacial score (nSPS) is 11.0. The van der Waals surface area contributed by atoms with Gasteiger partial charge in [0.1, 0.15) is 5.82 Å². The van der Waals surface area contributed by atoms with Gasteiger partial charge in [-0.2, -0.15) is 0 Å². The Hall–Kier alpha value is -1.39. The maximum Gasteiger partial charge on any atom is 0.290 e. The molecule has 0 saturated carbocycles. The van der Waals surface area contributed by atoms with E-state index in [9.17, 15) is 4.79 Å². The number of nitrogens with zero attached hydrogens (tertiary/aromatic N) is 2. The van der Waals surface area contributed by atoms with Crippen molar-refractivity contribution in [3.63, 3.8) is 0 Å². The van der Waals surface area contributed by atoms with Crippen LogP contribution in [0.15, 0.2) is 0 Å². The number of unbranched alkanes of at least 4 members (excludes halogenated alkanes) is 3. The van der Waals surface area contributed by atoms with E-state index in [1.165, 1.54) is 25.7 Å². The highest BCUT2D eigenvalue weighted by Gasteiger charge is 2.10. The fourth-order valence-electron chi connectivity index (χ4n) is 2.06. The molecule has 0 fully saturated rings. The number of rotatable bonds is 10. The summed E-state index contributed by atoms with van der Waals surface area (Å²) in [6.45, 7) is 7.29. The molecule has 0 spiro atoms.